The van der Waals surface area contributed by atoms with Crippen LogP contribution in [0.3, 0.4) is 0 Å². The van der Waals surface area contributed by atoms with Gasteiger partial charge in [0.25, 0.3) is 0 Å². The molecule has 0 aliphatic carbocycles. The fourth-order valence-corrected chi connectivity index (χ4v) is 2.05. The predicted molar refractivity (Wildman–Crippen MR) is 63.7 cm³/mol. The van der Waals surface area contributed by atoms with Crippen LogP contribution < -0.4 is 11.1 Å². The number of anilines is 2. The van der Waals surface area contributed by atoms with E-state index in [2.05, 4.69) is 43.2 Å². The minimum absolute atomic E-state index is 0.445. The smallest absolute Gasteiger partial charge is 0.146 e. The number of likely N-dealkylation sites (N-methyl/N-ethyl adjacent to an activating group) is 1. The highest BCUT2D eigenvalue weighted by molar-refractivity contribution is 9.10. The zero-order valence-corrected chi connectivity index (χ0v) is 10.2. The van der Waals surface area contributed by atoms with Crippen LogP contribution in [0.4, 0.5) is 11.6 Å². The van der Waals surface area contributed by atoms with E-state index in [4.69, 9.17) is 5.73 Å². The number of nitrogens with zero attached hydrogens (tertiary/aromatic N) is 3. The van der Waals surface area contributed by atoms with Crippen LogP contribution in [-0.4, -0.2) is 41.0 Å². The van der Waals surface area contributed by atoms with E-state index in [1.165, 1.54) is 6.33 Å². The van der Waals surface area contributed by atoms with Crippen LogP contribution in [0, 0.1) is 0 Å². The van der Waals surface area contributed by atoms with E-state index in [0.29, 0.717) is 11.9 Å². The van der Waals surface area contributed by atoms with Crippen molar-refractivity contribution in [2.24, 2.45) is 0 Å². The molecule has 0 saturated carbocycles. The molecule has 3 N–H and O–H groups in total. The summed E-state index contributed by atoms with van der Waals surface area (Å²) < 4.78 is 0.750. The molecule has 6 heteroatoms. The van der Waals surface area contributed by atoms with Crippen LogP contribution in [0.15, 0.2) is 10.8 Å². The number of nitrogen functional groups attached to an aromatic ring is 1. The van der Waals surface area contributed by atoms with Crippen molar-refractivity contribution < 1.29 is 0 Å². The highest BCUT2D eigenvalue weighted by Crippen LogP contribution is 2.25. The molecule has 1 aliphatic heterocycles. The quantitative estimate of drug-likeness (QED) is 0.838. The van der Waals surface area contributed by atoms with Gasteiger partial charge in [-0.1, -0.05) is 0 Å². The average molecular weight is 272 g/mol. The van der Waals surface area contributed by atoms with E-state index >= 15 is 0 Å². The summed E-state index contributed by atoms with van der Waals surface area (Å²) in [7, 11) is 2.12. The lowest BCUT2D eigenvalue weighted by molar-refractivity contribution is 0.414. The van der Waals surface area contributed by atoms with Crippen LogP contribution in [-0.2, 0) is 0 Å². The summed E-state index contributed by atoms with van der Waals surface area (Å²) in [6, 6.07) is 0.445. The SMILES string of the molecule is CN1CCC(Nc2ncnc(N)c2Br)C1. The molecular weight excluding hydrogens is 258 g/mol. The van der Waals surface area contributed by atoms with E-state index in [1.807, 2.05) is 0 Å². The summed E-state index contributed by atoms with van der Waals surface area (Å²) >= 11 is 3.38. The fourth-order valence-electron chi connectivity index (χ4n) is 1.73. The summed E-state index contributed by atoms with van der Waals surface area (Å²) in [5.74, 6) is 1.25. The molecule has 1 aliphatic rings. The van der Waals surface area contributed by atoms with E-state index in [9.17, 15) is 0 Å². The molecule has 15 heavy (non-hydrogen) atoms. The minimum atomic E-state index is 0.445. The molecule has 1 aromatic heterocycles. The second kappa shape index (κ2) is 4.32. The molecule has 1 saturated heterocycles. The summed E-state index contributed by atoms with van der Waals surface area (Å²) in [6.45, 7) is 2.16. The Morgan fingerprint density at radius 1 is 1.60 bits per heavy atom. The maximum atomic E-state index is 5.67. The topological polar surface area (TPSA) is 67.1 Å². The van der Waals surface area contributed by atoms with Crippen molar-refractivity contribution in [1.29, 1.82) is 0 Å². The van der Waals surface area contributed by atoms with Crippen molar-refractivity contribution in [3.05, 3.63) is 10.8 Å². The molecule has 2 heterocycles. The number of aromatic nitrogens is 2. The lowest BCUT2D eigenvalue weighted by atomic mass is 10.2. The first-order chi connectivity index (χ1) is 7.16. The number of nitrogens with two attached hydrogens (primary N) is 1. The predicted octanol–water partition coefficient (Wildman–Crippen LogP) is 0.937. The second-order valence-corrected chi connectivity index (χ2v) is 4.61. The fraction of sp³-hybridized carbons (Fsp3) is 0.556. The van der Waals surface area contributed by atoms with Gasteiger partial charge in [-0.2, -0.15) is 0 Å². The van der Waals surface area contributed by atoms with Gasteiger partial charge in [0.15, 0.2) is 0 Å². The summed E-state index contributed by atoms with van der Waals surface area (Å²) in [5, 5.41) is 3.36. The summed E-state index contributed by atoms with van der Waals surface area (Å²) in [6.07, 6.45) is 2.61. The molecule has 1 atom stereocenters. The molecular formula is C9H14BrN5. The maximum Gasteiger partial charge on any atom is 0.146 e. The van der Waals surface area contributed by atoms with Gasteiger partial charge in [0.1, 0.15) is 22.4 Å². The Morgan fingerprint density at radius 3 is 3.07 bits per heavy atom. The third kappa shape index (κ3) is 2.38. The molecule has 0 aromatic carbocycles. The highest BCUT2D eigenvalue weighted by Gasteiger charge is 2.20. The monoisotopic (exact) mass is 271 g/mol. The first kappa shape index (κ1) is 10.6. The Kier molecular flexibility index (Phi) is 3.06. The number of nitrogens with one attached hydrogen (secondary N) is 1. The summed E-state index contributed by atoms with van der Waals surface area (Å²) in [4.78, 5) is 10.3. The molecule has 0 spiro atoms. The average Bonchev–Trinajstić information content (AvgIpc) is 2.59. The van der Waals surface area contributed by atoms with Gasteiger partial charge in [-0.3, -0.25) is 0 Å². The van der Waals surface area contributed by atoms with Gasteiger partial charge in [0, 0.05) is 12.6 Å². The van der Waals surface area contributed by atoms with Crippen molar-refractivity contribution in [2.75, 3.05) is 31.2 Å². The van der Waals surface area contributed by atoms with Gasteiger partial charge in [-0.15, -0.1) is 0 Å². The van der Waals surface area contributed by atoms with E-state index in [0.717, 1.165) is 29.8 Å². The van der Waals surface area contributed by atoms with Crippen LogP contribution in [0.2, 0.25) is 0 Å². The zero-order chi connectivity index (χ0) is 10.8. The summed E-state index contributed by atoms with van der Waals surface area (Å²) in [5.41, 5.74) is 5.67. The molecule has 0 amide bonds. The molecule has 1 fully saturated rings. The van der Waals surface area contributed by atoms with Gasteiger partial charge in [0.2, 0.25) is 0 Å². The highest BCUT2D eigenvalue weighted by atomic mass is 79.9. The lowest BCUT2D eigenvalue weighted by Gasteiger charge is -2.14. The third-order valence-corrected chi connectivity index (χ3v) is 3.33. The Morgan fingerprint density at radius 2 is 2.40 bits per heavy atom. The number of rotatable bonds is 2. The molecule has 1 aromatic rings. The van der Waals surface area contributed by atoms with Crippen molar-refractivity contribution in [3.63, 3.8) is 0 Å². The van der Waals surface area contributed by atoms with Crippen molar-refractivity contribution in [2.45, 2.75) is 12.5 Å². The van der Waals surface area contributed by atoms with Crippen molar-refractivity contribution >= 4 is 27.6 Å². The van der Waals surface area contributed by atoms with Crippen LogP contribution in [0.25, 0.3) is 0 Å². The lowest BCUT2D eigenvalue weighted by Crippen LogP contribution is -2.24. The second-order valence-electron chi connectivity index (χ2n) is 3.81. The first-order valence-corrected chi connectivity index (χ1v) is 5.67. The number of hydrogen-bond donors (Lipinski definition) is 2. The number of hydrogen-bond acceptors (Lipinski definition) is 5. The first-order valence-electron chi connectivity index (χ1n) is 4.88. The van der Waals surface area contributed by atoms with Gasteiger partial charge in [0.05, 0.1) is 0 Å². The minimum Gasteiger partial charge on any atom is -0.383 e. The molecule has 2 rings (SSSR count). The normalized spacial score (nSPS) is 21.9. The van der Waals surface area contributed by atoms with Crippen LogP contribution in [0.1, 0.15) is 6.42 Å². The largest absolute Gasteiger partial charge is 0.383 e. The van der Waals surface area contributed by atoms with Gasteiger partial charge in [-0.05, 0) is 35.9 Å². The standard InChI is InChI=1S/C9H14BrN5/c1-15-3-2-6(4-15)14-9-7(10)8(11)12-5-13-9/h5-6H,2-4H2,1H3,(H3,11,12,13,14). The van der Waals surface area contributed by atoms with Crippen molar-refractivity contribution in [1.82, 2.24) is 14.9 Å². The van der Waals surface area contributed by atoms with Gasteiger partial charge < -0.3 is 16.0 Å². The number of halogens is 1. The van der Waals surface area contributed by atoms with E-state index in [1.54, 1.807) is 0 Å². The van der Waals surface area contributed by atoms with Crippen LogP contribution >= 0.6 is 15.9 Å². The third-order valence-electron chi connectivity index (χ3n) is 2.55. The number of likely N-dealkylation sites (tertiary alicyclic amines) is 1. The van der Waals surface area contributed by atoms with Gasteiger partial charge in [-0.25, -0.2) is 9.97 Å². The van der Waals surface area contributed by atoms with E-state index in [-0.39, 0.29) is 0 Å². The Balaban J connectivity index is 2.07. The Labute approximate surface area is 97.2 Å². The molecule has 82 valence electrons. The molecule has 0 radical (unpaired) electrons. The molecule has 0 bridgehead atoms. The Hall–Kier alpha value is -0.880. The van der Waals surface area contributed by atoms with Crippen molar-refractivity contribution in [3.8, 4) is 0 Å². The maximum absolute atomic E-state index is 5.67. The van der Waals surface area contributed by atoms with E-state index < -0.39 is 0 Å². The van der Waals surface area contributed by atoms with Gasteiger partial charge >= 0.3 is 0 Å². The zero-order valence-electron chi connectivity index (χ0n) is 8.57. The molecule has 5 nitrogen and oxygen atoms in total. The molecule has 1 unspecified atom stereocenters. The van der Waals surface area contributed by atoms with Crippen LogP contribution in [0.5, 0.6) is 0 Å². The Bertz CT molecular complexity index is 356.